The van der Waals surface area contributed by atoms with Crippen LogP contribution >= 0.6 is 0 Å². The molecule has 4 aromatic rings. The number of allylic oxidation sites excluding steroid dienone is 4. The Morgan fingerprint density at radius 3 is 1.79 bits per heavy atom. The zero-order valence-electron chi connectivity index (χ0n) is 29.5. The zero-order chi connectivity index (χ0) is 38.6. The average Bonchev–Trinajstić information content (AvgIpc) is 3.14. The van der Waals surface area contributed by atoms with Crippen molar-refractivity contribution >= 4 is 85.4 Å². The Bertz CT molecular complexity index is 2520. The normalized spacial score (nSPS) is 14.7. The summed E-state index contributed by atoms with van der Waals surface area (Å²) in [5.74, 6) is -4.09. The van der Waals surface area contributed by atoms with E-state index in [9.17, 15) is 42.0 Å². The summed E-state index contributed by atoms with van der Waals surface area (Å²) in [4.78, 5) is 60.6. The molecule has 0 heterocycles. The van der Waals surface area contributed by atoms with E-state index in [2.05, 4.69) is 31.7 Å². The minimum atomic E-state index is -5.18. The molecule has 0 saturated carbocycles. The van der Waals surface area contributed by atoms with E-state index in [1.165, 1.54) is 72.8 Å². The molecular formula is C37H25KN7NaO9S. The van der Waals surface area contributed by atoms with Gasteiger partial charge in [0.15, 0.2) is 5.78 Å². The smallest absolute Gasteiger partial charge is 0.744 e. The van der Waals surface area contributed by atoms with E-state index in [1.54, 1.807) is 24.3 Å². The van der Waals surface area contributed by atoms with Gasteiger partial charge in [-0.05, 0) is 121 Å². The maximum atomic E-state index is 13.4. The standard InChI is InChI=1S/C37H27N7O9S.K.Na/c38-23-5-1-20(2-6-23)36(48)40-27-13-15-29-22(17-27)18-32(54(51,52)53)33(34(29)46)44-42-26-11-9-24(10-12-26)39-35(47)21-3-7-25(8-4-21)41-43-28-14-16-31(45)30(19-28)37(49)50;;/h1-19,41-42H,38H2,(H,39,47)(H,40,48)(H,49,50)(H,51,52,53);;/q;2*+1/p-2/b43-28+,44-33-;;. The summed E-state index contributed by atoms with van der Waals surface area (Å²) in [6.07, 6.45) is 4.48. The van der Waals surface area contributed by atoms with E-state index in [0.717, 1.165) is 18.2 Å². The van der Waals surface area contributed by atoms with Crippen LogP contribution in [0.2, 0.25) is 0 Å². The van der Waals surface area contributed by atoms with Crippen LogP contribution in [0, 0.1) is 0 Å². The number of hydrogen-bond acceptors (Lipinski definition) is 14. The van der Waals surface area contributed by atoms with Crippen LogP contribution in [0.4, 0.5) is 28.4 Å². The molecule has 6 N–H and O–H groups in total. The first-order chi connectivity index (χ1) is 25.7. The third kappa shape index (κ3) is 10.7. The van der Waals surface area contributed by atoms with E-state index in [0.29, 0.717) is 28.3 Å². The first kappa shape index (κ1) is 43.9. The molecule has 19 heteroatoms. The number of nitrogens with two attached hydrogens (primary N) is 1. The van der Waals surface area contributed by atoms with Crippen LogP contribution in [-0.2, 0) is 19.7 Å². The van der Waals surface area contributed by atoms with Crippen molar-refractivity contribution in [3.63, 3.8) is 0 Å². The molecule has 0 unspecified atom stereocenters. The number of rotatable bonds is 10. The number of nitrogen functional groups attached to an aromatic ring is 1. The van der Waals surface area contributed by atoms with Gasteiger partial charge in [-0.25, -0.2) is 8.42 Å². The molecule has 0 fully saturated rings. The largest absolute Gasteiger partial charge is 1.00 e. The van der Waals surface area contributed by atoms with Crippen LogP contribution in [0.25, 0.3) is 6.08 Å². The maximum absolute atomic E-state index is 13.4. The predicted octanol–water partition coefficient (Wildman–Crippen LogP) is -3.08. The Balaban J connectivity index is 0.00000348. The quantitative estimate of drug-likeness (QED) is 0.0267. The van der Waals surface area contributed by atoms with Crippen LogP contribution in [0.3, 0.4) is 0 Å². The van der Waals surface area contributed by atoms with Crippen molar-refractivity contribution < 1.29 is 123 Å². The zero-order valence-corrected chi connectivity index (χ0v) is 35.5. The Morgan fingerprint density at radius 1 is 0.679 bits per heavy atom. The van der Waals surface area contributed by atoms with Gasteiger partial charge < -0.3 is 30.8 Å². The predicted molar refractivity (Wildman–Crippen MR) is 197 cm³/mol. The van der Waals surface area contributed by atoms with Gasteiger partial charge in [0.2, 0.25) is 5.78 Å². The Labute approximate surface area is 383 Å². The van der Waals surface area contributed by atoms with E-state index in [1.807, 2.05) is 0 Å². The molecule has 0 spiro atoms. The summed E-state index contributed by atoms with van der Waals surface area (Å²) in [6.45, 7) is 0. The number of hydrogen-bond donors (Lipinski definition) is 5. The van der Waals surface area contributed by atoms with Crippen LogP contribution in [0.1, 0.15) is 36.6 Å². The molecule has 0 radical (unpaired) electrons. The van der Waals surface area contributed by atoms with Crippen LogP contribution < -0.4 is 113 Å². The number of carboxylic acids is 1. The van der Waals surface area contributed by atoms with Gasteiger partial charge in [0.1, 0.15) is 15.8 Å². The summed E-state index contributed by atoms with van der Waals surface area (Å²) in [5, 5.41) is 24.4. The molecule has 16 nitrogen and oxygen atoms in total. The van der Waals surface area contributed by atoms with Crippen molar-refractivity contribution in [2.75, 3.05) is 27.2 Å². The fourth-order valence-electron chi connectivity index (χ4n) is 5.07. The van der Waals surface area contributed by atoms with E-state index in [4.69, 9.17) is 5.73 Å². The molecule has 2 aliphatic rings. The molecule has 6 rings (SSSR count). The number of Topliss-reactive ketones (excluding diaryl/α,β-unsaturated/α-hetero) is 1. The van der Waals surface area contributed by atoms with E-state index >= 15 is 0 Å². The topological polar surface area (TPSA) is 264 Å². The number of nitrogens with one attached hydrogen (secondary N) is 4. The Morgan fingerprint density at radius 2 is 1.20 bits per heavy atom. The van der Waals surface area contributed by atoms with Gasteiger partial charge in [-0.3, -0.25) is 30.0 Å². The third-order valence-electron chi connectivity index (χ3n) is 7.82. The molecule has 0 atom stereocenters. The van der Waals surface area contributed by atoms with Crippen molar-refractivity contribution in [1.82, 2.24) is 0 Å². The number of aliphatic carboxylic acids is 1. The number of fused-ring (bicyclic) bond motifs is 1. The molecular weight excluding hydrogens is 781 g/mol. The first-order valence-corrected chi connectivity index (χ1v) is 17.0. The molecule has 0 saturated heterocycles. The maximum Gasteiger partial charge on any atom is 1.00 e. The van der Waals surface area contributed by atoms with Crippen LogP contribution in [-0.4, -0.2) is 53.7 Å². The minimum Gasteiger partial charge on any atom is -0.744 e. The van der Waals surface area contributed by atoms with Gasteiger partial charge in [-0.15, -0.1) is 0 Å². The number of amides is 2. The van der Waals surface area contributed by atoms with Crippen molar-refractivity contribution in [2.24, 2.45) is 10.2 Å². The van der Waals surface area contributed by atoms with Gasteiger partial charge in [0.05, 0.1) is 28.0 Å². The summed E-state index contributed by atoms with van der Waals surface area (Å²) < 4.78 is 36.6. The number of carbonyl (C=O) groups is 5. The molecule has 2 amide bonds. The van der Waals surface area contributed by atoms with E-state index < -0.39 is 55.7 Å². The summed E-state index contributed by atoms with van der Waals surface area (Å²) in [6, 6.07) is 22.5. The number of ketones is 2. The van der Waals surface area contributed by atoms with Gasteiger partial charge in [-0.2, -0.15) is 10.2 Å². The monoisotopic (exact) mass is 805 g/mol. The number of benzene rings is 4. The number of nitrogens with zero attached hydrogens (tertiary/aromatic N) is 2. The fourth-order valence-corrected chi connectivity index (χ4v) is 5.72. The second kappa shape index (κ2) is 18.8. The molecule has 2 aliphatic carbocycles. The molecule has 56 heavy (non-hydrogen) atoms. The second-order valence-electron chi connectivity index (χ2n) is 11.5. The van der Waals surface area contributed by atoms with Gasteiger partial charge in [0, 0.05) is 39.3 Å². The summed E-state index contributed by atoms with van der Waals surface area (Å²) in [7, 11) is -5.18. The minimum absolute atomic E-state index is 0. The van der Waals surface area contributed by atoms with Crippen molar-refractivity contribution in [3.8, 4) is 0 Å². The Hall–Kier alpha value is -4.86. The molecule has 4 aromatic carbocycles. The average molecular weight is 806 g/mol. The van der Waals surface area contributed by atoms with Gasteiger partial charge in [-0.1, -0.05) is 0 Å². The van der Waals surface area contributed by atoms with Crippen molar-refractivity contribution in [2.45, 2.75) is 0 Å². The first-order valence-electron chi connectivity index (χ1n) is 15.6. The Kier molecular flexibility index (Phi) is 14.8. The van der Waals surface area contributed by atoms with Gasteiger partial charge >= 0.3 is 80.9 Å². The number of anilines is 5. The SMILES string of the molecule is Nc1ccc(C(=O)Nc2ccc3c(c2)C=C(S(=O)(=O)[O-])/C(=N/Nc2ccc(NC(=O)c4ccc(N/N=C5\C=CC(=O)C(C(=O)[O-])=C5)cc4)cc2)C3=O)cc1.[K+].[Na+]. The van der Waals surface area contributed by atoms with E-state index in [-0.39, 0.29) is 109 Å². The second-order valence-corrected chi connectivity index (χ2v) is 12.9. The third-order valence-corrected chi connectivity index (χ3v) is 8.67. The summed E-state index contributed by atoms with van der Waals surface area (Å²) >= 11 is 0. The number of carboxylic acid groups (broad SMARTS) is 1. The van der Waals surface area contributed by atoms with Gasteiger partial charge in [0.25, 0.3) is 11.8 Å². The number of hydrazone groups is 2. The van der Waals surface area contributed by atoms with Crippen LogP contribution in [0.15, 0.2) is 130 Å². The van der Waals surface area contributed by atoms with Crippen molar-refractivity contribution in [3.05, 3.63) is 142 Å². The molecule has 0 bridgehead atoms. The summed E-state index contributed by atoms with van der Waals surface area (Å²) in [5.41, 5.74) is 12.5. The molecule has 0 aromatic heterocycles. The van der Waals surface area contributed by atoms with Crippen LogP contribution in [0.5, 0.6) is 0 Å². The van der Waals surface area contributed by atoms with Crippen molar-refractivity contribution in [1.29, 1.82) is 0 Å². The fraction of sp³-hybridized carbons (Fsp3) is 0. The number of carbonyl (C=O) groups excluding carboxylic acids is 5. The molecule has 0 aliphatic heterocycles. The molecule has 270 valence electrons.